The molecule has 2 aromatic heterocycles. The van der Waals surface area contributed by atoms with Crippen LogP contribution in [0.1, 0.15) is 5.69 Å². The molecule has 94 valence electrons. The minimum absolute atomic E-state index is 0.392. The Hall–Kier alpha value is -2.21. The molecule has 0 aromatic carbocycles. The average Bonchev–Trinajstić information content (AvgIpc) is 2.38. The molecule has 0 fully saturated rings. The molecule has 0 unspecified atom stereocenters. The van der Waals surface area contributed by atoms with Gasteiger partial charge in [-0.05, 0) is 6.07 Å². The van der Waals surface area contributed by atoms with E-state index in [1.807, 2.05) is 6.07 Å². The third-order valence-electron chi connectivity index (χ3n) is 2.29. The Morgan fingerprint density at radius 3 is 2.67 bits per heavy atom. The van der Waals surface area contributed by atoms with E-state index in [2.05, 4.69) is 15.0 Å². The minimum atomic E-state index is 0.392. The van der Waals surface area contributed by atoms with Crippen LogP contribution in [0.4, 0.5) is 5.82 Å². The zero-order chi connectivity index (χ0) is 13.0. The van der Waals surface area contributed by atoms with Crippen LogP contribution in [-0.2, 0) is 11.3 Å². The number of pyridine rings is 1. The summed E-state index contributed by atoms with van der Waals surface area (Å²) in [6, 6.07) is 5.26. The number of methoxy groups -OCH3 is 2. The van der Waals surface area contributed by atoms with Gasteiger partial charge in [0.2, 0.25) is 5.88 Å². The molecule has 0 aliphatic heterocycles. The first kappa shape index (κ1) is 12.3. The molecule has 0 spiro atoms. The lowest BCUT2D eigenvalue weighted by Gasteiger charge is -2.05. The molecule has 18 heavy (non-hydrogen) atoms. The van der Waals surface area contributed by atoms with Gasteiger partial charge in [-0.3, -0.25) is 0 Å². The van der Waals surface area contributed by atoms with Gasteiger partial charge < -0.3 is 15.2 Å². The Balaban J connectivity index is 2.36. The van der Waals surface area contributed by atoms with Gasteiger partial charge in [0, 0.05) is 31.0 Å². The number of ether oxygens (including phenoxy) is 2. The number of nitrogens with zero attached hydrogens (tertiary/aromatic N) is 3. The normalized spacial score (nSPS) is 10.3. The highest BCUT2D eigenvalue weighted by Gasteiger charge is 2.06. The fourth-order valence-electron chi connectivity index (χ4n) is 1.50. The number of aromatic nitrogens is 3. The molecule has 0 saturated carbocycles. The second kappa shape index (κ2) is 5.42. The van der Waals surface area contributed by atoms with Gasteiger partial charge in [-0.2, -0.15) is 0 Å². The molecule has 0 amide bonds. The van der Waals surface area contributed by atoms with Gasteiger partial charge in [-0.15, -0.1) is 0 Å². The molecule has 6 heteroatoms. The quantitative estimate of drug-likeness (QED) is 0.874. The predicted molar refractivity (Wildman–Crippen MR) is 66.9 cm³/mol. The smallest absolute Gasteiger partial charge is 0.212 e. The minimum Gasteiger partial charge on any atom is -0.481 e. The van der Waals surface area contributed by atoms with Gasteiger partial charge >= 0.3 is 0 Å². The van der Waals surface area contributed by atoms with Gasteiger partial charge in [-0.1, -0.05) is 0 Å². The lowest BCUT2D eigenvalue weighted by Crippen LogP contribution is -2.01. The summed E-state index contributed by atoms with van der Waals surface area (Å²) in [5, 5.41) is 0. The zero-order valence-corrected chi connectivity index (χ0v) is 10.3. The average molecular weight is 246 g/mol. The van der Waals surface area contributed by atoms with Crippen LogP contribution in [0, 0.1) is 0 Å². The molecular formula is C12H14N4O2. The summed E-state index contributed by atoms with van der Waals surface area (Å²) in [6.07, 6.45) is 1.64. The SMILES string of the molecule is COCc1cc(N)nc(-c2ccc(OC)nc2)n1. The van der Waals surface area contributed by atoms with Crippen LogP contribution in [-0.4, -0.2) is 29.2 Å². The lowest BCUT2D eigenvalue weighted by molar-refractivity contribution is 0.181. The molecule has 2 aromatic rings. The molecule has 0 aliphatic rings. The van der Waals surface area contributed by atoms with Crippen LogP contribution in [0.15, 0.2) is 24.4 Å². The molecule has 2 heterocycles. The van der Waals surface area contributed by atoms with Gasteiger partial charge in [-0.25, -0.2) is 15.0 Å². The molecular weight excluding hydrogens is 232 g/mol. The van der Waals surface area contributed by atoms with Crippen molar-refractivity contribution in [3.63, 3.8) is 0 Å². The van der Waals surface area contributed by atoms with Gasteiger partial charge in [0.25, 0.3) is 0 Å². The first-order valence-corrected chi connectivity index (χ1v) is 5.35. The van der Waals surface area contributed by atoms with E-state index in [1.54, 1.807) is 32.5 Å². The third-order valence-corrected chi connectivity index (χ3v) is 2.29. The van der Waals surface area contributed by atoms with E-state index >= 15 is 0 Å². The van der Waals surface area contributed by atoms with Crippen molar-refractivity contribution in [2.45, 2.75) is 6.61 Å². The van der Waals surface area contributed by atoms with Crippen LogP contribution < -0.4 is 10.5 Å². The number of hydrogen-bond donors (Lipinski definition) is 1. The standard InChI is InChI=1S/C12H14N4O2/c1-17-7-9-5-10(13)16-12(15-9)8-3-4-11(18-2)14-6-8/h3-6H,7H2,1-2H3,(H2,13,15,16). The molecule has 2 rings (SSSR count). The fraction of sp³-hybridized carbons (Fsp3) is 0.250. The summed E-state index contributed by atoms with van der Waals surface area (Å²) < 4.78 is 10.0. The number of rotatable bonds is 4. The predicted octanol–water partition coefficient (Wildman–Crippen LogP) is 1.28. The second-order valence-electron chi connectivity index (χ2n) is 3.63. The van der Waals surface area contributed by atoms with Crippen LogP contribution in [0.2, 0.25) is 0 Å². The Kier molecular flexibility index (Phi) is 3.69. The van der Waals surface area contributed by atoms with Gasteiger partial charge in [0.1, 0.15) is 5.82 Å². The first-order valence-electron chi connectivity index (χ1n) is 5.35. The molecule has 0 aliphatic carbocycles. The zero-order valence-electron chi connectivity index (χ0n) is 10.3. The van der Waals surface area contributed by atoms with Crippen LogP contribution in [0.3, 0.4) is 0 Å². The van der Waals surface area contributed by atoms with Crippen molar-refractivity contribution in [2.24, 2.45) is 0 Å². The summed E-state index contributed by atoms with van der Waals surface area (Å²) >= 11 is 0. The van der Waals surface area contributed by atoms with Crippen molar-refractivity contribution in [1.82, 2.24) is 15.0 Å². The maximum Gasteiger partial charge on any atom is 0.212 e. The van der Waals surface area contributed by atoms with E-state index in [1.165, 1.54) is 0 Å². The summed E-state index contributed by atoms with van der Waals surface area (Å²) in [7, 11) is 3.17. The van der Waals surface area contributed by atoms with E-state index < -0.39 is 0 Å². The van der Waals surface area contributed by atoms with Gasteiger partial charge in [0.05, 0.1) is 19.4 Å². The molecule has 6 nitrogen and oxygen atoms in total. The Bertz CT molecular complexity index is 528. The summed E-state index contributed by atoms with van der Waals surface area (Å²) in [6.45, 7) is 0.392. The van der Waals surface area contributed by atoms with Crippen molar-refractivity contribution in [3.05, 3.63) is 30.1 Å². The maximum absolute atomic E-state index is 5.73. The van der Waals surface area contributed by atoms with E-state index in [-0.39, 0.29) is 0 Å². The van der Waals surface area contributed by atoms with Crippen molar-refractivity contribution in [3.8, 4) is 17.3 Å². The monoisotopic (exact) mass is 246 g/mol. The number of anilines is 1. The maximum atomic E-state index is 5.73. The second-order valence-corrected chi connectivity index (χ2v) is 3.63. The first-order chi connectivity index (χ1) is 8.72. The highest BCUT2D eigenvalue weighted by molar-refractivity contribution is 5.56. The topological polar surface area (TPSA) is 83.2 Å². The summed E-state index contributed by atoms with van der Waals surface area (Å²) in [5.74, 6) is 1.47. The summed E-state index contributed by atoms with van der Waals surface area (Å²) in [5.41, 5.74) is 7.24. The fourth-order valence-corrected chi connectivity index (χ4v) is 1.50. The van der Waals surface area contributed by atoms with Gasteiger partial charge in [0.15, 0.2) is 5.82 Å². The van der Waals surface area contributed by atoms with Crippen molar-refractivity contribution < 1.29 is 9.47 Å². The number of nitrogens with two attached hydrogens (primary N) is 1. The number of hydrogen-bond acceptors (Lipinski definition) is 6. The van der Waals surface area contributed by atoms with E-state index in [0.717, 1.165) is 11.3 Å². The van der Waals surface area contributed by atoms with Crippen LogP contribution in [0.5, 0.6) is 5.88 Å². The lowest BCUT2D eigenvalue weighted by atomic mass is 10.2. The molecule has 0 bridgehead atoms. The Labute approximate surface area is 105 Å². The van der Waals surface area contributed by atoms with E-state index in [9.17, 15) is 0 Å². The molecule has 0 atom stereocenters. The van der Waals surface area contributed by atoms with Crippen LogP contribution in [0.25, 0.3) is 11.4 Å². The van der Waals surface area contributed by atoms with Crippen molar-refractivity contribution in [1.29, 1.82) is 0 Å². The highest BCUT2D eigenvalue weighted by atomic mass is 16.5. The van der Waals surface area contributed by atoms with E-state index in [0.29, 0.717) is 24.1 Å². The third kappa shape index (κ3) is 2.72. The van der Waals surface area contributed by atoms with E-state index in [4.69, 9.17) is 15.2 Å². The van der Waals surface area contributed by atoms with Crippen molar-refractivity contribution in [2.75, 3.05) is 20.0 Å². The Morgan fingerprint density at radius 2 is 2.06 bits per heavy atom. The Morgan fingerprint density at radius 1 is 1.22 bits per heavy atom. The number of nitrogen functional groups attached to an aromatic ring is 1. The largest absolute Gasteiger partial charge is 0.481 e. The van der Waals surface area contributed by atoms with Crippen LogP contribution >= 0.6 is 0 Å². The molecule has 2 N–H and O–H groups in total. The highest BCUT2D eigenvalue weighted by Crippen LogP contribution is 2.18. The summed E-state index contributed by atoms with van der Waals surface area (Å²) in [4.78, 5) is 12.6. The van der Waals surface area contributed by atoms with Crippen molar-refractivity contribution >= 4 is 5.82 Å². The molecule has 0 radical (unpaired) electrons. The molecule has 0 saturated heterocycles.